The van der Waals surface area contributed by atoms with Gasteiger partial charge in [-0.25, -0.2) is 0 Å². The van der Waals surface area contributed by atoms with Crippen LogP contribution in [-0.2, 0) is 9.59 Å². The van der Waals surface area contributed by atoms with Crippen molar-refractivity contribution in [1.82, 2.24) is 9.80 Å². The van der Waals surface area contributed by atoms with E-state index in [2.05, 4.69) is 0 Å². The number of nitrogens with zero attached hydrogens (tertiary/aromatic N) is 2. The fraction of sp³-hybridized carbons (Fsp3) is 0.529. The minimum absolute atomic E-state index is 0.0107. The summed E-state index contributed by atoms with van der Waals surface area (Å²) in [5.41, 5.74) is 0. The predicted octanol–water partition coefficient (Wildman–Crippen LogP) is 2.77. The third-order valence-corrected chi connectivity index (χ3v) is 4.83. The topological polar surface area (TPSA) is 70.1 Å². The average Bonchev–Trinajstić information content (AvgIpc) is 2.79. The normalized spacial score (nSPS) is 18.1. The molecule has 0 saturated carbocycles. The van der Waals surface area contributed by atoms with Crippen LogP contribution in [0.5, 0.6) is 5.75 Å². The first-order valence-corrected chi connectivity index (χ1v) is 8.90. The second-order valence-corrected chi connectivity index (χ2v) is 6.98. The van der Waals surface area contributed by atoms with Crippen LogP contribution < -0.4 is 4.74 Å². The Morgan fingerprint density at radius 3 is 2.76 bits per heavy atom. The summed E-state index contributed by atoms with van der Waals surface area (Å²) in [6.45, 7) is 1.16. The summed E-state index contributed by atoms with van der Waals surface area (Å²) in [5, 5.41) is 9.78. The molecule has 0 bridgehead atoms. The first kappa shape index (κ1) is 19.8. The van der Waals surface area contributed by atoms with Gasteiger partial charge in [-0.15, -0.1) is 0 Å². The average molecular weight is 389 g/mol. The molecule has 1 N–H and O–H groups in total. The predicted molar refractivity (Wildman–Crippen MR) is 96.4 cm³/mol. The molecule has 0 radical (unpaired) electrons. The zero-order valence-corrected chi connectivity index (χ0v) is 15.6. The van der Waals surface area contributed by atoms with Crippen LogP contribution in [0.4, 0.5) is 0 Å². The van der Waals surface area contributed by atoms with Crippen LogP contribution in [0, 0.1) is 0 Å². The standard InChI is InChI=1S/C17H22Cl2N2O4/c1-20(10-17(23)24)13-3-2-7-21(8-6-13)16(22)11-25-15-5-4-12(18)9-14(15)19/h4-5,9,13H,2-3,6-8,10-11H2,1H3,(H,23,24). The summed E-state index contributed by atoms with van der Waals surface area (Å²) in [5.74, 6) is -0.520. The highest BCUT2D eigenvalue weighted by Gasteiger charge is 2.24. The number of aliphatic carboxylic acids is 1. The van der Waals surface area contributed by atoms with E-state index in [1.165, 1.54) is 0 Å². The summed E-state index contributed by atoms with van der Waals surface area (Å²) in [6.07, 6.45) is 2.46. The number of benzene rings is 1. The largest absolute Gasteiger partial charge is 0.482 e. The number of hydrogen-bond donors (Lipinski definition) is 1. The van der Waals surface area contributed by atoms with E-state index in [1.807, 2.05) is 11.9 Å². The molecule has 2 rings (SSSR count). The highest BCUT2D eigenvalue weighted by atomic mass is 35.5. The Bertz CT molecular complexity index is 627. The Balaban J connectivity index is 1.85. The van der Waals surface area contributed by atoms with Crippen molar-refractivity contribution in [3.05, 3.63) is 28.2 Å². The van der Waals surface area contributed by atoms with Crippen molar-refractivity contribution < 1.29 is 19.4 Å². The molecule has 0 aliphatic carbocycles. The fourth-order valence-electron chi connectivity index (χ4n) is 2.93. The van der Waals surface area contributed by atoms with Gasteiger partial charge in [-0.05, 0) is 44.5 Å². The molecular weight excluding hydrogens is 367 g/mol. The second-order valence-electron chi connectivity index (χ2n) is 6.14. The Kier molecular flexibility index (Phi) is 7.35. The summed E-state index contributed by atoms with van der Waals surface area (Å²) in [7, 11) is 1.81. The lowest BCUT2D eigenvalue weighted by Crippen LogP contribution is -2.38. The molecule has 1 amide bonds. The van der Waals surface area contributed by atoms with Crippen LogP contribution in [0.3, 0.4) is 0 Å². The first-order chi connectivity index (χ1) is 11.9. The van der Waals surface area contributed by atoms with Crippen molar-refractivity contribution in [2.45, 2.75) is 25.3 Å². The maximum Gasteiger partial charge on any atom is 0.317 e. The number of likely N-dealkylation sites (tertiary alicyclic amines) is 1. The van der Waals surface area contributed by atoms with Crippen LogP contribution in [0.25, 0.3) is 0 Å². The summed E-state index contributed by atoms with van der Waals surface area (Å²) < 4.78 is 5.50. The van der Waals surface area contributed by atoms with Gasteiger partial charge in [0.1, 0.15) is 5.75 Å². The van der Waals surface area contributed by atoms with Gasteiger partial charge in [0, 0.05) is 24.2 Å². The number of ether oxygens (including phenoxy) is 1. The van der Waals surface area contributed by atoms with Gasteiger partial charge < -0.3 is 14.7 Å². The molecule has 1 aromatic carbocycles. The Hall–Kier alpha value is -1.50. The molecular formula is C17H22Cl2N2O4. The molecule has 1 saturated heterocycles. The summed E-state index contributed by atoms with van der Waals surface area (Å²) in [6, 6.07) is 5.03. The first-order valence-electron chi connectivity index (χ1n) is 8.14. The lowest BCUT2D eigenvalue weighted by atomic mass is 10.1. The van der Waals surface area contributed by atoms with Gasteiger partial charge in [-0.1, -0.05) is 23.2 Å². The van der Waals surface area contributed by atoms with E-state index >= 15 is 0 Å². The number of carboxylic acids is 1. The molecule has 1 aliphatic rings. The Labute approximate surface area is 157 Å². The zero-order valence-electron chi connectivity index (χ0n) is 14.1. The van der Waals surface area contributed by atoms with E-state index in [0.29, 0.717) is 28.9 Å². The quantitative estimate of drug-likeness (QED) is 0.810. The van der Waals surface area contributed by atoms with Crippen molar-refractivity contribution in [3.8, 4) is 5.75 Å². The van der Waals surface area contributed by atoms with Crippen molar-refractivity contribution in [2.75, 3.05) is 33.3 Å². The van der Waals surface area contributed by atoms with E-state index in [0.717, 1.165) is 19.3 Å². The highest BCUT2D eigenvalue weighted by Crippen LogP contribution is 2.27. The van der Waals surface area contributed by atoms with E-state index in [4.69, 9.17) is 33.0 Å². The Morgan fingerprint density at radius 2 is 2.08 bits per heavy atom. The van der Waals surface area contributed by atoms with Crippen LogP contribution in [0.1, 0.15) is 19.3 Å². The number of hydrogen-bond acceptors (Lipinski definition) is 4. The Morgan fingerprint density at radius 1 is 1.32 bits per heavy atom. The number of carboxylic acid groups (broad SMARTS) is 1. The number of carbonyl (C=O) groups is 2. The van der Waals surface area contributed by atoms with E-state index in [1.54, 1.807) is 23.1 Å². The molecule has 0 aromatic heterocycles. The number of likely N-dealkylation sites (N-methyl/N-ethyl adjacent to an activating group) is 1. The third-order valence-electron chi connectivity index (χ3n) is 4.30. The molecule has 138 valence electrons. The van der Waals surface area contributed by atoms with Crippen LogP contribution in [0.15, 0.2) is 18.2 Å². The summed E-state index contributed by atoms with van der Waals surface area (Å²) >= 11 is 11.9. The summed E-state index contributed by atoms with van der Waals surface area (Å²) in [4.78, 5) is 26.8. The third kappa shape index (κ3) is 6.06. The minimum atomic E-state index is -0.840. The molecule has 1 heterocycles. The maximum absolute atomic E-state index is 12.4. The van der Waals surface area contributed by atoms with Gasteiger partial charge in [0.05, 0.1) is 11.6 Å². The van der Waals surface area contributed by atoms with E-state index in [9.17, 15) is 9.59 Å². The zero-order chi connectivity index (χ0) is 18.4. The number of carbonyl (C=O) groups excluding carboxylic acids is 1. The lowest BCUT2D eigenvalue weighted by Gasteiger charge is -2.25. The molecule has 1 fully saturated rings. The van der Waals surface area contributed by atoms with Crippen molar-refractivity contribution in [2.24, 2.45) is 0 Å². The van der Waals surface area contributed by atoms with Crippen molar-refractivity contribution in [1.29, 1.82) is 0 Å². The lowest BCUT2D eigenvalue weighted by molar-refractivity contribution is -0.138. The van der Waals surface area contributed by atoms with Gasteiger partial charge in [-0.2, -0.15) is 0 Å². The van der Waals surface area contributed by atoms with E-state index in [-0.39, 0.29) is 25.1 Å². The minimum Gasteiger partial charge on any atom is -0.482 e. The second kappa shape index (κ2) is 9.27. The van der Waals surface area contributed by atoms with Gasteiger partial charge in [-0.3, -0.25) is 14.5 Å². The maximum atomic E-state index is 12.4. The molecule has 1 aliphatic heterocycles. The number of halogens is 2. The molecule has 6 nitrogen and oxygen atoms in total. The number of rotatable bonds is 6. The van der Waals surface area contributed by atoms with Gasteiger partial charge in [0.25, 0.3) is 5.91 Å². The van der Waals surface area contributed by atoms with Crippen LogP contribution >= 0.6 is 23.2 Å². The molecule has 1 atom stereocenters. The van der Waals surface area contributed by atoms with Gasteiger partial charge in [0.2, 0.25) is 0 Å². The fourth-order valence-corrected chi connectivity index (χ4v) is 3.40. The monoisotopic (exact) mass is 388 g/mol. The van der Waals surface area contributed by atoms with Crippen molar-refractivity contribution in [3.63, 3.8) is 0 Å². The smallest absolute Gasteiger partial charge is 0.317 e. The molecule has 1 unspecified atom stereocenters. The van der Waals surface area contributed by atoms with Crippen molar-refractivity contribution >= 4 is 35.1 Å². The van der Waals surface area contributed by atoms with Gasteiger partial charge in [0.15, 0.2) is 6.61 Å². The SMILES string of the molecule is CN(CC(=O)O)C1CCCN(C(=O)COc2ccc(Cl)cc2Cl)CC1. The highest BCUT2D eigenvalue weighted by molar-refractivity contribution is 6.35. The molecule has 8 heteroatoms. The van der Waals surface area contributed by atoms with Gasteiger partial charge >= 0.3 is 5.97 Å². The molecule has 0 spiro atoms. The molecule has 1 aromatic rings. The van der Waals surface area contributed by atoms with E-state index < -0.39 is 5.97 Å². The molecule has 25 heavy (non-hydrogen) atoms. The van der Waals surface area contributed by atoms with Crippen LogP contribution in [0.2, 0.25) is 10.0 Å². The number of amides is 1. The van der Waals surface area contributed by atoms with Crippen LogP contribution in [-0.4, -0.2) is 66.1 Å².